The quantitative estimate of drug-likeness (QED) is 0.333. The molecule has 0 saturated carbocycles. The van der Waals surface area contributed by atoms with Gasteiger partial charge in [0.15, 0.2) is 0 Å². The molecule has 2 aromatic rings. The number of hydrogen-bond acceptors (Lipinski definition) is 7. The van der Waals surface area contributed by atoms with Crippen LogP contribution in [0.25, 0.3) is 10.2 Å². The fraction of sp³-hybridized carbons (Fsp3) is 0.630. The van der Waals surface area contributed by atoms with Crippen molar-refractivity contribution < 1.29 is 14.4 Å². The molecule has 1 aliphatic heterocycles. The van der Waals surface area contributed by atoms with Gasteiger partial charge in [-0.25, -0.2) is 4.98 Å². The number of amides is 3. The molecule has 3 amide bonds. The summed E-state index contributed by atoms with van der Waals surface area (Å²) >= 11 is 9.53. The van der Waals surface area contributed by atoms with Gasteiger partial charge in [-0.15, -0.1) is 11.3 Å². The van der Waals surface area contributed by atoms with Crippen LogP contribution >= 0.6 is 34.7 Å². The third-order valence-electron chi connectivity index (χ3n) is 6.98. The zero-order chi connectivity index (χ0) is 27.7. The van der Waals surface area contributed by atoms with Gasteiger partial charge in [0.2, 0.25) is 17.7 Å². The van der Waals surface area contributed by atoms with Gasteiger partial charge in [-0.1, -0.05) is 45.7 Å². The summed E-state index contributed by atoms with van der Waals surface area (Å²) in [4.78, 5) is 45.6. The van der Waals surface area contributed by atoms with Crippen LogP contribution in [0.5, 0.6) is 0 Å². The number of rotatable bonds is 13. The van der Waals surface area contributed by atoms with Gasteiger partial charge >= 0.3 is 0 Å². The van der Waals surface area contributed by atoms with E-state index in [-0.39, 0.29) is 48.4 Å². The van der Waals surface area contributed by atoms with E-state index >= 15 is 0 Å². The molecule has 8 nitrogen and oxygen atoms in total. The summed E-state index contributed by atoms with van der Waals surface area (Å²) in [6, 6.07) is 4.46. The number of thioether (sulfide) groups is 1. The van der Waals surface area contributed by atoms with Gasteiger partial charge < -0.3 is 20.9 Å². The first-order valence-electron chi connectivity index (χ1n) is 13.4. The van der Waals surface area contributed by atoms with Gasteiger partial charge in [-0.05, 0) is 24.1 Å². The van der Waals surface area contributed by atoms with Crippen molar-refractivity contribution in [2.45, 2.75) is 59.0 Å². The maximum Gasteiger partial charge on any atom is 0.243 e. The summed E-state index contributed by atoms with van der Waals surface area (Å²) in [6.07, 6.45) is 1.39. The molecule has 0 radical (unpaired) electrons. The highest BCUT2D eigenvalue weighted by atomic mass is 35.5. The number of carbonyl (C=O) groups is 3. The molecule has 38 heavy (non-hydrogen) atoms. The summed E-state index contributed by atoms with van der Waals surface area (Å²) in [5.74, 6) is 1.75. The number of nitrogens with one attached hydrogen (secondary N) is 3. The van der Waals surface area contributed by atoms with Crippen LogP contribution in [0.15, 0.2) is 18.2 Å². The Kier molecular flexibility index (Phi) is 12.1. The molecule has 1 fully saturated rings. The van der Waals surface area contributed by atoms with Crippen LogP contribution in [0.4, 0.5) is 0 Å². The zero-order valence-corrected chi connectivity index (χ0v) is 25.1. The van der Waals surface area contributed by atoms with Crippen molar-refractivity contribution >= 4 is 62.6 Å². The van der Waals surface area contributed by atoms with Crippen LogP contribution in [0.1, 0.15) is 45.5 Å². The van der Waals surface area contributed by atoms with Crippen LogP contribution in [-0.2, 0) is 20.8 Å². The maximum atomic E-state index is 13.4. The van der Waals surface area contributed by atoms with Gasteiger partial charge in [0, 0.05) is 67.5 Å². The Morgan fingerprint density at radius 3 is 2.53 bits per heavy atom. The van der Waals surface area contributed by atoms with Gasteiger partial charge in [0.25, 0.3) is 0 Å². The number of aromatic nitrogens is 1. The van der Waals surface area contributed by atoms with E-state index in [0.717, 1.165) is 52.8 Å². The van der Waals surface area contributed by atoms with E-state index in [1.54, 1.807) is 13.0 Å². The summed E-state index contributed by atoms with van der Waals surface area (Å²) < 4.78 is 0.936. The van der Waals surface area contributed by atoms with Crippen molar-refractivity contribution in [1.82, 2.24) is 25.8 Å². The van der Waals surface area contributed by atoms with Crippen molar-refractivity contribution in [1.29, 1.82) is 0 Å². The first kappa shape index (κ1) is 30.7. The fourth-order valence-electron chi connectivity index (χ4n) is 4.31. The highest BCUT2D eigenvalue weighted by Crippen LogP contribution is 2.26. The van der Waals surface area contributed by atoms with Crippen molar-refractivity contribution in [3.05, 3.63) is 28.2 Å². The maximum absolute atomic E-state index is 13.4. The smallest absolute Gasteiger partial charge is 0.243 e. The van der Waals surface area contributed by atoms with E-state index in [1.165, 1.54) is 11.3 Å². The molecule has 1 aromatic carbocycles. The number of fused-ring (bicyclic) bond motifs is 1. The number of hydrogen-bond donors (Lipinski definition) is 3. The second-order valence-corrected chi connectivity index (χ2v) is 12.7. The van der Waals surface area contributed by atoms with Crippen molar-refractivity contribution in [3.63, 3.8) is 0 Å². The topological polar surface area (TPSA) is 103 Å². The largest absolute Gasteiger partial charge is 0.354 e. The minimum Gasteiger partial charge on any atom is -0.354 e. The van der Waals surface area contributed by atoms with Gasteiger partial charge in [-0.2, -0.15) is 11.8 Å². The lowest BCUT2D eigenvalue weighted by molar-refractivity contribution is -0.129. The minimum absolute atomic E-state index is 0.00486. The van der Waals surface area contributed by atoms with E-state index in [2.05, 4.69) is 39.7 Å². The molecule has 2 unspecified atom stereocenters. The fourth-order valence-corrected chi connectivity index (χ4v) is 6.58. The van der Waals surface area contributed by atoms with Crippen molar-refractivity contribution in [2.75, 3.05) is 37.7 Å². The third-order valence-corrected chi connectivity index (χ3v) is 9.20. The predicted octanol–water partition coefficient (Wildman–Crippen LogP) is 3.72. The number of benzene rings is 1. The second-order valence-electron chi connectivity index (χ2n) is 9.96. The molecule has 1 aliphatic rings. The van der Waals surface area contributed by atoms with Gasteiger partial charge in [0.05, 0.1) is 15.2 Å². The van der Waals surface area contributed by atoms with Gasteiger partial charge in [0.1, 0.15) is 6.04 Å². The standard InChI is InChI=1S/C27H40ClN5O3S2/c1-5-17(3)22(15-29-26(35)18(4)16-33-9-11-37-12-10-33)32-27(36)21(30-24(34)6-2)14-25-31-20-8-7-19(28)13-23(20)38-25/h7-8,13,17-18,21-22H,5-6,9-12,14-16H2,1-4H3,(H,29,35)(H,30,34)(H,32,36)/t17-,18?,21-,22?/m0/s1. The third kappa shape index (κ3) is 9.10. The molecule has 4 atom stereocenters. The molecule has 0 spiro atoms. The number of carbonyl (C=O) groups excluding carboxylic acids is 3. The Morgan fingerprint density at radius 2 is 1.84 bits per heavy atom. The summed E-state index contributed by atoms with van der Waals surface area (Å²) in [5.41, 5.74) is 0.813. The molecule has 11 heteroatoms. The highest BCUT2D eigenvalue weighted by molar-refractivity contribution is 7.99. The van der Waals surface area contributed by atoms with E-state index in [0.29, 0.717) is 11.6 Å². The lowest BCUT2D eigenvalue weighted by Crippen LogP contribution is -2.55. The molecule has 0 bridgehead atoms. The second kappa shape index (κ2) is 15.1. The molecule has 0 aliphatic carbocycles. The predicted molar refractivity (Wildman–Crippen MR) is 158 cm³/mol. The first-order valence-corrected chi connectivity index (χ1v) is 15.8. The summed E-state index contributed by atoms with van der Waals surface area (Å²) in [7, 11) is 0. The first-order chi connectivity index (χ1) is 18.2. The molecule has 1 saturated heterocycles. The van der Waals surface area contributed by atoms with Crippen LogP contribution in [-0.4, -0.2) is 77.4 Å². The molecule has 3 N–H and O–H groups in total. The van der Waals surface area contributed by atoms with E-state index in [4.69, 9.17) is 11.6 Å². The Morgan fingerprint density at radius 1 is 1.11 bits per heavy atom. The lowest BCUT2D eigenvalue weighted by Gasteiger charge is -2.30. The van der Waals surface area contributed by atoms with Crippen molar-refractivity contribution in [3.8, 4) is 0 Å². The van der Waals surface area contributed by atoms with Crippen LogP contribution in [0.3, 0.4) is 0 Å². The number of halogens is 1. The van der Waals surface area contributed by atoms with Crippen LogP contribution in [0.2, 0.25) is 5.02 Å². The van der Waals surface area contributed by atoms with Crippen molar-refractivity contribution in [2.24, 2.45) is 11.8 Å². The summed E-state index contributed by atoms with van der Waals surface area (Å²) in [5, 5.41) is 10.4. The Labute approximate surface area is 239 Å². The molecule has 1 aromatic heterocycles. The molecular formula is C27H40ClN5O3S2. The Bertz CT molecular complexity index is 1090. The van der Waals surface area contributed by atoms with Gasteiger partial charge in [-0.3, -0.25) is 14.4 Å². The normalized spacial score (nSPS) is 17.4. The van der Waals surface area contributed by atoms with E-state index in [1.807, 2.05) is 30.8 Å². The number of nitrogens with zero attached hydrogens (tertiary/aromatic N) is 2. The average molecular weight is 582 g/mol. The van der Waals surface area contributed by atoms with E-state index < -0.39 is 6.04 Å². The Hall–Kier alpha value is -1.88. The molecule has 210 valence electrons. The summed E-state index contributed by atoms with van der Waals surface area (Å²) in [6.45, 7) is 10.9. The van der Waals surface area contributed by atoms with E-state index in [9.17, 15) is 14.4 Å². The van der Waals surface area contributed by atoms with Crippen LogP contribution < -0.4 is 16.0 Å². The minimum atomic E-state index is -0.767. The SMILES string of the molecule is CCC(=O)N[C@@H](Cc1nc2ccc(Cl)cc2s1)C(=O)NC(CNC(=O)C(C)CN1CCSCC1)[C@@H](C)CC. The number of thiazole rings is 1. The lowest BCUT2D eigenvalue weighted by atomic mass is 9.98. The molecule has 2 heterocycles. The Balaban J connectivity index is 1.64. The monoisotopic (exact) mass is 581 g/mol. The molecular weight excluding hydrogens is 542 g/mol. The average Bonchev–Trinajstić information content (AvgIpc) is 3.31. The molecule has 3 rings (SSSR count). The van der Waals surface area contributed by atoms with Crippen LogP contribution in [0, 0.1) is 11.8 Å². The highest BCUT2D eigenvalue weighted by Gasteiger charge is 2.28. The zero-order valence-electron chi connectivity index (χ0n) is 22.7.